The number of fused-ring (bicyclic) bond motifs is 1. The minimum Gasteiger partial charge on any atom is -0.346 e. The predicted molar refractivity (Wildman–Crippen MR) is 124 cm³/mol. The lowest BCUT2D eigenvalue weighted by molar-refractivity contribution is -0.00308. The van der Waals surface area contributed by atoms with E-state index in [2.05, 4.69) is 10.3 Å². The number of pyridine rings is 1. The summed E-state index contributed by atoms with van der Waals surface area (Å²) in [5.41, 5.74) is 2.02. The van der Waals surface area contributed by atoms with Gasteiger partial charge in [-0.2, -0.15) is 8.78 Å². The number of nitrogens with zero attached hydrogens (tertiary/aromatic N) is 1. The number of carbonyl (C=O) groups excluding carboxylic acids is 1. The Kier molecular flexibility index (Phi) is 6.42. The van der Waals surface area contributed by atoms with Gasteiger partial charge in [-0.1, -0.05) is 59.8 Å². The summed E-state index contributed by atoms with van der Waals surface area (Å²) in [6.07, 6.45) is 1.51. The van der Waals surface area contributed by atoms with Gasteiger partial charge in [0.1, 0.15) is 5.82 Å². The van der Waals surface area contributed by atoms with Gasteiger partial charge in [-0.25, -0.2) is 4.39 Å². The molecule has 0 fully saturated rings. The van der Waals surface area contributed by atoms with Gasteiger partial charge in [-0.15, -0.1) is 0 Å². The van der Waals surface area contributed by atoms with Crippen molar-refractivity contribution in [2.75, 3.05) is 6.54 Å². The van der Waals surface area contributed by atoms with E-state index in [-0.39, 0.29) is 11.1 Å². The van der Waals surface area contributed by atoms with Crippen LogP contribution in [0, 0.1) is 19.7 Å². The van der Waals surface area contributed by atoms with Crippen molar-refractivity contribution in [3.05, 3.63) is 101 Å². The average Bonchev–Trinajstić information content (AvgIpc) is 2.77. The maximum absolute atomic E-state index is 15.0. The first-order valence-corrected chi connectivity index (χ1v) is 11.1. The third-order valence-electron chi connectivity index (χ3n) is 5.24. The number of nitrogens with one attached hydrogen (secondary N) is 1. The van der Waals surface area contributed by atoms with Crippen molar-refractivity contribution in [2.24, 2.45) is 0 Å². The van der Waals surface area contributed by atoms with Crippen LogP contribution in [0.2, 0.25) is 0 Å². The second-order valence-electron chi connectivity index (χ2n) is 7.78. The third-order valence-corrected chi connectivity index (χ3v) is 6.26. The second-order valence-corrected chi connectivity index (χ2v) is 8.89. The Bertz CT molecular complexity index is 1340. The Morgan fingerprint density at radius 3 is 2.58 bits per heavy atom. The molecule has 1 aromatic heterocycles. The zero-order valence-corrected chi connectivity index (χ0v) is 18.8. The Hall–Kier alpha value is -3.32. The Labute approximate surface area is 194 Å². The second kappa shape index (κ2) is 9.27. The van der Waals surface area contributed by atoms with Gasteiger partial charge in [0.05, 0.1) is 17.6 Å². The fourth-order valence-corrected chi connectivity index (χ4v) is 4.67. The highest BCUT2D eigenvalue weighted by Crippen LogP contribution is 2.35. The SMILES string of the molecule is Cc1ccc(C(F)(F)CNC(=O)c2c(Sc3cccc(F)c3)cnc3ccccc23)c(C)c1. The molecule has 0 bridgehead atoms. The van der Waals surface area contributed by atoms with Gasteiger partial charge in [-0.05, 0) is 43.7 Å². The summed E-state index contributed by atoms with van der Waals surface area (Å²) >= 11 is 1.15. The van der Waals surface area contributed by atoms with Crippen LogP contribution in [0.3, 0.4) is 0 Å². The van der Waals surface area contributed by atoms with Gasteiger partial charge < -0.3 is 5.32 Å². The number of hydrogen-bond donors (Lipinski definition) is 1. The minimum atomic E-state index is -3.24. The van der Waals surface area contributed by atoms with E-state index in [0.717, 1.165) is 17.3 Å². The van der Waals surface area contributed by atoms with Crippen LogP contribution in [0.1, 0.15) is 27.0 Å². The predicted octanol–water partition coefficient (Wildman–Crippen LogP) is 6.66. The largest absolute Gasteiger partial charge is 0.346 e. The molecule has 33 heavy (non-hydrogen) atoms. The molecule has 0 radical (unpaired) electrons. The van der Waals surface area contributed by atoms with Crippen LogP contribution in [0.4, 0.5) is 13.2 Å². The van der Waals surface area contributed by atoms with Crippen LogP contribution < -0.4 is 5.32 Å². The maximum atomic E-state index is 15.0. The molecule has 1 amide bonds. The molecule has 0 saturated carbocycles. The number of halogens is 3. The number of para-hydroxylation sites is 1. The van der Waals surface area contributed by atoms with Crippen molar-refractivity contribution < 1.29 is 18.0 Å². The molecule has 0 unspecified atom stereocenters. The maximum Gasteiger partial charge on any atom is 0.290 e. The zero-order valence-electron chi connectivity index (χ0n) is 18.0. The summed E-state index contributed by atoms with van der Waals surface area (Å²) in [6.45, 7) is 2.61. The molecule has 7 heteroatoms. The third kappa shape index (κ3) is 5.03. The van der Waals surface area contributed by atoms with Gasteiger partial charge in [-0.3, -0.25) is 9.78 Å². The highest BCUT2D eigenvalue weighted by atomic mass is 32.2. The quantitative estimate of drug-likeness (QED) is 0.345. The van der Waals surface area contributed by atoms with E-state index in [9.17, 15) is 18.0 Å². The van der Waals surface area contributed by atoms with Gasteiger partial charge in [0.2, 0.25) is 0 Å². The molecule has 0 aliphatic rings. The number of hydrogen-bond acceptors (Lipinski definition) is 3. The molecular weight excluding hydrogens is 445 g/mol. The Morgan fingerprint density at radius 2 is 1.82 bits per heavy atom. The van der Waals surface area contributed by atoms with Crippen molar-refractivity contribution in [1.29, 1.82) is 0 Å². The highest BCUT2D eigenvalue weighted by molar-refractivity contribution is 7.99. The van der Waals surface area contributed by atoms with Gasteiger partial charge in [0, 0.05) is 26.9 Å². The highest BCUT2D eigenvalue weighted by Gasteiger charge is 2.34. The van der Waals surface area contributed by atoms with Crippen LogP contribution in [0.5, 0.6) is 0 Å². The molecule has 3 aromatic carbocycles. The van der Waals surface area contributed by atoms with Crippen LogP contribution in [-0.2, 0) is 5.92 Å². The summed E-state index contributed by atoms with van der Waals surface area (Å²) in [7, 11) is 0. The number of carbonyl (C=O) groups is 1. The number of rotatable bonds is 6. The molecule has 4 aromatic rings. The van der Waals surface area contributed by atoms with Crippen molar-refractivity contribution in [2.45, 2.75) is 29.6 Å². The standard InChI is InChI=1S/C26H21F3N2OS/c1-16-10-11-21(17(2)12-16)26(28,29)15-31-25(32)24-20-8-3-4-9-22(20)30-14-23(24)33-19-7-5-6-18(27)13-19/h3-14H,15H2,1-2H3,(H,31,32). The van der Waals surface area contributed by atoms with Crippen molar-refractivity contribution >= 4 is 28.6 Å². The smallest absolute Gasteiger partial charge is 0.290 e. The molecule has 1 N–H and O–H groups in total. The molecule has 1 heterocycles. The van der Waals surface area contributed by atoms with Gasteiger partial charge in [0.25, 0.3) is 11.8 Å². The Morgan fingerprint density at radius 1 is 1.03 bits per heavy atom. The average molecular weight is 467 g/mol. The topological polar surface area (TPSA) is 42.0 Å². The fraction of sp³-hybridized carbons (Fsp3) is 0.154. The summed E-state index contributed by atoms with van der Waals surface area (Å²) in [5.74, 6) is -4.30. The summed E-state index contributed by atoms with van der Waals surface area (Å²) in [6, 6.07) is 17.6. The molecule has 4 rings (SSSR count). The molecule has 0 aliphatic heterocycles. The first-order valence-electron chi connectivity index (χ1n) is 10.3. The van der Waals surface area contributed by atoms with E-state index in [1.807, 2.05) is 6.92 Å². The molecule has 0 atom stereocenters. The van der Waals surface area contributed by atoms with E-state index >= 15 is 0 Å². The molecule has 0 saturated heterocycles. The fourth-order valence-electron chi connectivity index (χ4n) is 3.69. The van der Waals surface area contributed by atoms with E-state index in [4.69, 9.17) is 0 Å². The summed E-state index contributed by atoms with van der Waals surface area (Å²) < 4.78 is 43.6. The summed E-state index contributed by atoms with van der Waals surface area (Å²) in [4.78, 5) is 18.6. The molecular formula is C26H21F3N2OS. The number of aromatic nitrogens is 1. The number of amides is 1. The molecule has 168 valence electrons. The first kappa shape index (κ1) is 22.9. The van der Waals surface area contributed by atoms with Crippen LogP contribution >= 0.6 is 11.8 Å². The minimum absolute atomic E-state index is 0.123. The van der Waals surface area contributed by atoms with Crippen LogP contribution in [0.25, 0.3) is 10.9 Å². The van der Waals surface area contributed by atoms with Crippen LogP contribution in [0.15, 0.2) is 82.7 Å². The number of aryl methyl sites for hydroxylation is 2. The molecule has 0 spiro atoms. The lowest BCUT2D eigenvalue weighted by atomic mass is 10.00. The number of benzene rings is 3. The Balaban J connectivity index is 1.66. The van der Waals surface area contributed by atoms with Crippen LogP contribution in [-0.4, -0.2) is 17.4 Å². The first-order chi connectivity index (χ1) is 15.7. The van der Waals surface area contributed by atoms with Gasteiger partial charge in [0.15, 0.2) is 0 Å². The lowest BCUT2D eigenvalue weighted by Crippen LogP contribution is -2.35. The monoisotopic (exact) mass is 466 g/mol. The lowest BCUT2D eigenvalue weighted by Gasteiger charge is -2.20. The normalized spacial score (nSPS) is 11.5. The van der Waals surface area contributed by atoms with E-state index in [0.29, 0.717) is 26.3 Å². The molecule has 3 nitrogen and oxygen atoms in total. The zero-order chi connectivity index (χ0) is 23.6. The van der Waals surface area contributed by atoms with E-state index < -0.39 is 24.2 Å². The number of alkyl halides is 2. The molecule has 0 aliphatic carbocycles. The van der Waals surface area contributed by atoms with Gasteiger partial charge >= 0.3 is 0 Å². The van der Waals surface area contributed by atoms with E-state index in [1.165, 1.54) is 24.4 Å². The van der Waals surface area contributed by atoms with Crippen molar-refractivity contribution in [1.82, 2.24) is 10.3 Å². The van der Waals surface area contributed by atoms with Crippen molar-refractivity contribution in [3.63, 3.8) is 0 Å². The van der Waals surface area contributed by atoms with E-state index in [1.54, 1.807) is 55.5 Å². The van der Waals surface area contributed by atoms with Crippen molar-refractivity contribution in [3.8, 4) is 0 Å². The summed E-state index contributed by atoms with van der Waals surface area (Å²) in [5, 5.41) is 2.94.